The van der Waals surface area contributed by atoms with E-state index in [1.807, 2.05) is 0 Å². The van der Waals surface area contributed by atoms with Crippen LogP contribution < -0.4 is 65.9 Å². The highest BCUT2D eigenvalue weighted by molar-refractivity contribution is 6.00. The fourth-order valence-corrected chi connectivity index (χ4v) is 7.81. The van der Waals surface area contributed by atoms with Gasteiger partial charge in [0.2, 0.25) is 41.4 Å². The molecule has 2 aliphatic rings. The van der Waals surface area contributed by atoms with Crippen LogP contribution in [0, 0.1) is 11.3 Å². The fourth-order valence-electron chi connectivity index (χ4n) is 7.81. The number of carbonyl (C=O) groups is 8. The van der Waals surface area contributed by atoms with Crippen molar-refractivity contribution in [3.8, 4) is 0 Å². The number of amides is 8. The van der Waals surface area contributed by atoms with Gasteiger partial charge in [0.25, 0.3) is 5.91 Å². The summed E-state index contributed by atoms with van der Waals surface area (Å²) in [6.07, 6.45) is 8.17. The Kier molecular flexibility index (Phi) is 23.5. The molecule has 20 N–H and O–H groups in total. The molecule has 1 saturated heterocycles. The molecule has 6 atom stereocenters. The van der Waals surface area contributed by atoms with Gasteiger partial charge in [-0.3, -0.25) is 43.8 Å². The molecule has 0 radical (unpaired) electrons. The van der Waals surface area contributed by atoms with Crippen molar-refractivity contribution in [2.75, 3.05) is 39.3 Å². The van der Waals surface area contributed by atoms with Crippen molar-refractivity contribution < 1.29 is 43.5 Å². The molecule has 1 aromatic heterocycles. The number of aromatic nitrogens is 2. The normalized spacial score (nSPS) is 17.4. The van der Waals surface area contributed by atoms with E-state index >= 15 is 0 Å². The van der Waals surface area contributed by atoms with Gasteiger partial charge in [0.1, 0.15) is 35.9 Å². The zero-order chi connectivity index (χ0) is 48.6. The number of unbranched alkanes of at least 4 members (excludes halogenated alkanes) is 1. The summed E-state index contributed by atoms with van der Waals surface area (Å²) < 4.78 is 0. The molecule has 1 aliphatic carbocycles. The quantitative estimate of drug-likeness (QED) is 0.0155. The van der Waals surface area contributed by atoms with Crippen LogP contribution in [0.4, 0.5) is 0 Å². The molecule has 25 nitrogen and oxygen atoms in total. The van der Waals surface area contributed by atoms with E-state index in [2.05, 4.69) is 47.2 Å². The number of hydrogen-bond donors (Lipinski definition) is 15. The first-order valence-electron chi connectivity index (χ1n) is 22.5. The Labute approximate surface area is 383 Å². The van der Waals surface area contributed by atoms with E-state index < -0.39 is 90.1 Å². The maximum Gasteiger partial charge on any atom is 0.264 e. The van der Waals surface area contributed by atoms with Crippen LogP contribution in [0.3, 0.4) is 0 Å². The van der Waals surface area contributed by atoms with E-state index in [-0.39, 0.29) is 82.3 Å². The lowest BCUT2D eigenvalue weighted by molar-refractivity contribution is -0.142. The average molecular weight is 931 g/mol. The highest BCUT2D eigenvalue weighted by Gasteiger charge is 2.40. The van der Waals surface area contributed by atoms with Gasteiger partial charge in [-0.2, -0.15) is 0 Å². The third-order valence-corrected chi connectivity index (χ3v) is 11.3. The molecule has 0 spiro atoms. The predicted octanol–water partition coefficient (Wildman–Crippen LogP) is -4.88. The number of carbonyl (C=O) groups excluding carboxylic acids is 8. The van der Waals surface area contributed by atoms with E-state index in [0.29, 0.717) is 50.8 Å². The summed E-state index contributed by atoms with van der Waals surface area (Å²) in [6, 6.07) is -5.61. The van der Waals surface area contributed by atoms with Gasteiger partial charge in [-0.05, 0) is 83.2 Å². The summed E-state index contributed by atoms with van der Waals surface area (Å²) in [7, 11) is 0. The van der Waals surface area contributed by atoms with Crippen LogP contribution in [-0.2, 0) is 44.8 Å². The van der Waals surface area contributed by atoms with Gasteiger partial charge in [0, 0.05) is 37.9 Å². The van der Waals surface area contributed by atoms with Crippen LogP contribution in [-0.4, -0.2) is 149 Å². The number of imidazole rings is 1. The lowest BCUT2D eigenvalue weighted by atomic mass is 9.97. The third-order valence-electron chi connectivity index (χ3n) is 11.3. The summed E-state index contributed by atoms with van der Waals surface area (Å²) in [5, 5.41) is 35.5. The van der Waals surface area contributed by atoms with Gasteiger partial charge in [-0.1, -0.05) is 18.9 Å². The number of H-pyrrole nitrogens is 1. The number of nitrogens with zero attached hydrogens (tertiary/aromatic N) is 2. The van der Waals surface area contributed by atoms with E-state index in [0.717, 1.165) is 12.8 Å². The lowest BCUT2D eigenvalue weighted by Crippen LogP contribution is -2.59. The SMILES string of the molecule is N=C(N)NCC/C=C(\NC(=O)[C@H](CCCCN)NC(=O)[C@H](Cc1cnc[nH]1)NC(=O)[C@@H]1CCCN1C(=O)[C@@H](CCCN)NC(=O)CNC(=O)C(NC(=O)C[C@@H](O)CN)C1CCCC1)C(N)=O. The number of aliphatic hydroxyl groups excluding tert-OH is 1. The van der Waals surface area contributed by atoms with Crippen molar-refractivity contribution >= 4 is 53.2 Å². The molecule has 66 heavy (non-hydrogen) atoms. The molecular formula is C41H70N16O9. The van der Waals surface area contributed by atoms with Crippen LogP contribution in [0.15, 0.2) is 24.3 Å². The number of primary amides is 1. The largest absolute Gasteiger partial charge is 0.391 e. The second-order valence-corrected chi connectivity index (χ2v) is 16.4. The minimum absolute atomic E-state index is 0.0905. The standard InChI is InChI=1S/C41H70N16O9/c42-14-4-3-10-28(36(62)53-27(35(45)61)12-6-16-49-41(46)47)54-37(63)30(18-25-21-48-23-51-25)55-38(64)31-13-7-17-57(31)40(66)29(11-5-15-43)52-33(60)22-50-39(65)34(24-8-1-2-9-24)56-32(59)19-26(58)20-44/h12,21,23-24,26,28-31,34,58H,1-11,13-20,22,42-44H2,(H2,45,61)(H,48,51)(H,50,65)(H,52,60)(H,53,62)(H,54,63)(H,55,64)(H,56,59)(H4,46,47,49)/b27-12-/t26-,28+,29-,30+,31+,34?/m1/s1. The van der Waals surface area contributed by atoms with E-state index in [4.69, 9.17) is 34.1 Å². The molecule has 1 aromatic rings. The Morgan fingerprint density at radius 1 is 0.833 bits per heavy atom. The summed E-state index contributed by atoms with van der Waals surface area (Å²) >= 11 is 0. The van der Waals surface area contributed by atoms with Gasteiger partial charge in [-0.25, -0.2) is 4.98 Å². The number of guanidine groups is 1. The summed E-state index contributed by atoms with van der Waals surface area (Å²) in [4.78, 5) is 115. The van der Waals surface area contributed by atoms with Crippen molar-refractivity contribution in [1.82, 2.24) is 52.1 Å². The zero-order valence-electron chi connectivity index (χ0n) is 37.4. The topological polar surface area (TPSA) is 427 Å². The molecule has 1 unspecified atom stereocenters. The smallest absolute Gasteiger partial charge is 0.264 e. The van der Waals surface area contributed by atoms with Crippen LogP contribution in [0.25, 0.3) is 0 Å². The second-order valence-electron chi connectivity index (χ2n) is 16.4. The third kappa shape index (κ3) is 18.4. The van der Waals surface area contributed by atoms with E-state index in [1.165, 1.54) is 23.5 Å². The first kappa shape index (κ1) is 54.2. The van der Waals surface area contributed by atoms with Crippen LogP contribution in [0.1, 0.15) is 89.2 Å². The Morgan fingerprint density at radius 2 is 1.55 bits per heavy atom. The molecule has 8 amide bonds. The monoisotopic (exact) mass is 931 g/mol. The summed E-state index contributed by atoms with van der Waals surface area (Å²) in [5.74, 6) is -5.99. The van der Waals surface area contributed by atoms with Gasteiger partial charge < -0.3 is 80.9 Å². The Hall–Kier alpha value is -6.18. The van der Waals surface area contributed by atoms with Gasteiger partial charge >= 0.3 is 0 Å². The van der Waals surface area contributed by atoms with Crippen LogP contribution >= 0.6 is 0 Å². The average Bonchev–Trinajstić information content (AvgIpc) is 4.11. The Bertz CT molecular complexity index is 1820. The first-order valence-corrected chi connectivity index (χ1v) is 22.5. The van der Waals surface area contributed by atoms with Crippen molar-refractivity contribution in [2.24, 2.45) is 34.6 Å². The van der Waals surface area contributed by atoms with Crippen molar-refractivity contribution in [3.05, 3.63) is 30.0 Å². The Balaban J connectivity index is 1.74. The molecule has 1 saturated carbocycles. The maximum atomic E-state index is 14.2. The fraction of sp³-hybridized carbons (Fsp3) is 0.659. The molecule has 2 fully saturated rings. The zero-order valence-corrected chi connectivity index (χ0v) is 37.4. The molecule has 2 heterocycles. The van der Waals surface area contributed by atoms with Crippen LogP contribution in [0.2, 0.25) is 0 Å². The summed E-state index contributed by atoms with van der Waals surface area (Å²) in [5.41, 5.74) is 27.9. The minimum atomic E-state index is -1.29. The molecule has 368 valence electrons. The molecule has 3 rings (SSSR count). The number of aliphatic hydroxyl groups is 1. The number of hydrogen-bond acceptors (Lipinski definition) is 14. The number of nitrogens with two attached hydrogens (primary N) is 5. The number of rotatable bonds is 29. The van der Waals surface area contributed by atoms with Crippen molar-refractivity contribution in [2.45, 2.75) is 126 Å². The van der Waals surface area contributed by atoms with Gasteiger partial charge in [0.05, 0.1) is 25.4 Å². The molecular weight excluding hydrogens is 861 g/mol. The van der Waals surface area contributed by atoms with Gasteiger partial charge in [0.15, 0.2) is 5.96 Å². The lowest BCUT2D eigenvalue weighted by Gasteiger charge is -2.30. The first-order chi connectivity index (χ1) is 31.6. The van der Waals surface area contributed by atoms with Gasteiger partial charge in [-0.15, -0.1) is 0 Å². The molecule has 1 aliphatic heterocycles. The van der Waals surface area contributed by atoms with Crippen molar-refractivity contribution in [1.29, 1.82) is 5.41 Å². The molecule has 25 heteroatoms. The molecule has 0 bridgehead atoms. The maximum absolute atomic E-state index is 14.2. The number of likely N-dealkylation sites (tertiary alicyclic amines) is 1. The second kappa shape index (κ2) is 28.7. The Morgan fingerprint density at radius 3 is 2.18 bits per heavy atom. The number of nitrogens with one attached hydrogen (secondary N) is 9. The number of aromatic amines is 1. The highest BCUT2D eigenvalue weighted by Crippen LogP contribution is 2.28. The minimum Gasteiger partial charge on any atom is -0.391 e. The van der Waals surface area contributed by atoms with E-state index in [9.17, 15) is 43.5 Å². The van der Waals surface area contributed by atoms with E-state index in [1.54, 1.807) is 0 Å². The van der Waals surface area contributed by atoms with Crippen LogP contribution in [0.5, 0.6) is 0 Å². The summed E-state index contributed by atoms with van der Waals surface area (Å²) in [6.45, 7) is 0.185. The van der Waals surface area contributed by atoms with Crippen molar-refractivity contribution in [3.63, 3.8) is 0 Å². The predicted molar refractivity (Wildman–Crippen MR) is 241 cm³/mol. The highest BCUT2D eigenvalue weighted by atomic mass is 16.3. The molecule has 0 aromatic carbocycles.